The smallest absolute Gasteiger partial charge is 0.126 e. The normalized spacial score (nSPS) is 10.6. The third-order valence-corrected chi connectivity index (χ3v) is 2.71. The molecule has 0 atom stereocenters. The molecule has 1 aromatic rings. The maximum absolute atomic E-state index is 13.5. The van der Waals surface area contributed by atoms with Gasteiger partial charge in [-0.1, -0.05) is 45.2 Å². The van der Waals surface area contributed by atoms with E-state index in [1.54, 1.807) is 6.07 Å². The van der Waals surface area contributed by atoms with Gasteiger partial charge >= 0.3 is 0 Å². The molecular formula is C14H21F. The quantitative estimate of drug-likeness (QED) is 0.603. The standard InChI is InChI=1S/C14H21F/c1-3-5-6-8-12-9-10-13(7-4-2)14(15)11-12/h9-11H,3-8H2,1-2H3. The zero-order valence-corrected chi connectivity index (χ0v) is 9.85. The molecule has 0 unspecified atom stereocenters. The maximum atomic E-state index is 13.5. The zero-order chi connectivity index (χ0) is 11.1. The Bertz CT molecular complexity index is 291. The van der Waals surface area contributed by atoms with Gasteiger partial charge in [-0.15, -0.1) is 0 Å². The summed E-state index contributed by atoms with van der Waals surface area (Å²) in [5, 5.41) is 0. The van der Waals surface area contributed by atoms with E-state index in [1.807, 2.05) is 6.07 Å². The molecule has 0 N–H and O–H groups in total. The van der Waals surface area contributed by atoms with Crippen LogP contribution in [0, 0.1) is 5.82 Å². The van der Waals surface area contributed by atoms with Crippen LogP contribution in [0.4, 0.5) is 4.39 Å². The summed E-state index contributed by atoms with van der Waals surface area (Å²) in [4.78, 5) is 0. The van der Waals surface area contributed by atoms with Crippen LogP contribution in [0.3, 0.4) is 0 Å². The number of halogens is 1. The number of rotatable bonds is 6. The van der Waals surface area contributed by atoms with Crippen molar-refractivity contribution in [1.82, 2.24) is 0 Å². The average molecular weight is 208 g/mol. The van der Waals surface area contributed by atoms with E-state index < -0.39 is 0 Å². The Labute approximate surface area is 92.5 Å². The third-order valence-electron chi connectivity index (χ3n) is 2.71. The lowest BCUT2D eigenvalue weighted by Crippen LogP contribution is -1.93. The Morgan fingerprint density at radius 3 is 2.40 bits per heavy atom. The Morgan fingerprint density at radius 2 is 1.80 bits per heavy atom. The van der Waals surface area contributed by atoms with Crippen LogP contribution in [0.5, 0.6) is 0 Å². The molecule has 84 valence electrons. The number of aryl methyl sites for hydroxylation is 2. The molecule has 1 heteroatoms. The molecule has 0 saturated heterocycles. The number of unbranched alkanes of at least 4 members (excludes halogenated alkanes) is 2. The van der Waals surface area contributed by atoms with E-state index in [0.717, 1.165) is 30.4 Å². The van der Waals surface area contributed by atoms with Crippen LogP contribution in [0.1, 0.15) is 50.7 Å². The van der Waals surface area contributed by atoms with E-state index in [2.05, 4.69) is 19.9 Å². The second-order valence-corrected chi connectivity index (χ2v) is 4.13. The molecule has 0 spiro atoms. The molecule has 0 nitrogen and oxygen atoms in total. The molecule has 1 rings (SSSR count). The summed E-state index contributed by atoms with van der Waals surface area (Å²) in [6.45, 7) is 4.26. The lowest BCUT2D eigenvalue weighted by Gasteiger charge is -2.05. The van der Waals surface area contributed by atoms with Crippen LogP contribution < -0.4 is 0 Å². The summed E-state index contributed by atoms with van der Waals surface area (Å²) in [6.07, 6.45) is 6.49. The van der Waals surface area contributed by atoms with Crippen molar-refractivity contribution >= 4 is 0 Å². The molecule has 0 saturated carbocycles. The Kier molecular flexibility index (Phi) is 5.38. The van der Waals surface area contributed by atoms with Crippen LogP contribution >= 0.6 is 0 Å². The molecule has 0 amide bonds. The van der Waals surface area contributed by atoms with Gasteiger partial charge in [0.15, 0.2) is 0 Å². The average Bonchev–Trinajstić information content (AvgIpc) is 2.23. The van der Waals surface area contributed by atoms with Crippen molar-refractivity contribution in [3.8, 4) is 0 Å². The van der Waals surface area contributed by atoms with Crippen molar-refractivity contribution in [3.05, 3.63) is 35.1 Å². The summed E-state index contributed by atoms with van der Waals surface area (Å²) in [6, 6.07) is 5.73. The molecule has 0 bridgehead atoms. The van der Waals surface area contributed by atoms with Crippen molar-refractivity contribution in [2.75, 3.05) is 0 Å². The van der Waals surface area contributed by atoms with Gasteiger partial charge in [0.25, 0.3) is 0 Å². The minimum Gasteiger partial charge on any atom is -0.207 e. The molecule has 0 aromatic heterocycles. The first-order valence-corrected chi connectivity index (χ1v) is 6.05. The molecule has 0 fully saturated rings. The minimum atomic E-state index is -0.0224. The van der Waals surface area contributed by atoms with Gasteiger partial charge in [0, 0.05) is 0 Å². The fourth-order valence-corrected chi connectivity index (χ4v) is 1.80. The molecule has 1 aromatic carbocycles. The molecule has 0 aliphatic rings. The monoisotopic (exact) mass is 208 g/mol. The van der Waals surface area contributed by atoms with Crippen molar-refractivity contribution in [3.63, 3.8) is 0 Å². The molecule has 0 aliphatic carbocycles. The highest BCUT2D eigenvalue weighted by Crippen LogP contribution is 2.14. The summed E-state index contributed by atoms with van der Waals surface area (Å²) in [5.74, 6) is -0.0224. The summed E-state index contributed by atoms with van der Waals surface area (Å²) >= 11 is 0. The van der Waals surface area contributed by atoms with Gasteiger partial charge in [-0.3, -0.25) is 0 Å². The summed E-state index contributed by atoms with van der Waals surface area (Å²) in [7, 11) is 0. The van der Waals surface area contributed by atoms with Crippen LogP contribution in [0.2, 0.25) is 0 Å². The van der Waals surface area contributed by atoms with E-state index in [0.29, 0.717) is 0 Å². The van der Waals surface area contributed by atoms with Crippen LogP contribution in [-0.2, 0) is 12.8 Å². The van der Waals surface area contributed by atoms with E-state index in [4.69, 9.17) is 0 Å². The zero-order valence-electron chi connectivity index (χ0n) is 9.85. The fraction of sp³-hybridized carbons (Fsp3) is 0.571. The van der Waals surface area contributed by atoms with E-state index in [9.17, 15) is 4.39 Å². The number of hydrogen-bond donors (Lipinski definition) is 0. The second kappa shape index (κ2) is 6.60. The van der Waals surface area contributed by atoms with Gasteiger partial charge in [0.1, 0.15) is 5.82 Å². The number of hydrogen-bond acceptors (Lipinski definition) is 0. The Balaban J connectivity index is 2.56. The predicted octanol–water partition coefficient (Wildman–Crippen LogP) is 4.51. The van der Waals surface area contributed by atoms with E-state index in [1.165, 1.54) is 19.3 Å². The van der Waals surface area contributed by atoms with E-state index in [-0.39, 0.29) is 5.82 Å². The van der Waals surface area contributed by atoms with Crippen molar-refractivity contribution in [2.24, 2.45) is 0 Å². The largest absolute Gasteiger partial charge is 0.207 e. The van der Waals surface area contributed by atoms with Gasteiger partial charge < -0.3 is 0 Å². The molecule has 15 heavy (non-hydrogen) atoms. The molecular weight excluding hydrogens is 187 g/mol. The van der Waals surface area contributed by atoms with E-state index >= 15 is 0 Å². The van der Waals surface area contributed by atoms with Gasteiger partial charge in [0.05, 0.1) is 0 Å². The Morgan fingerprint density at radius 1 is 1.00 bits per heavy atom. The highest BCUT2D eigenvalue weighted by molar-refractivity contribution is 5.24. The van der Waals surface area contributed by atoms with Gasteiger partial charge in [-0.05, 0) is 36.5 Å². The highest BCUT2D eigenvalue weighted by atomic mass is 19.1. The van der Waals surface area contributed by atoms with Gasteiger partial charge in [-0.25, -0.2) is 4.39 Å². The first-order valence-electron chi connectivity index (χ1n) is 6.05. The SMILES string of the molecule is CCCCCc1ccc(CCC)c(F)c1. The molecule has 0 aliphatic heterocycles. The summed E-state index contributed by atoms with van der Waals surface area (Å²) < 4.78 is 13.5. The highest BCUT2D eigenvalue weighted by Gasteiger charge is 2.02. The molecule has 0 radical (unpaired) electrons. The summed E-state index contributed by atoms with van der Waals surface area (Å²) in [5.41, 5.74) is 2.00. The van der Waals surface area contributed by atoms with Gasteiger partial charge in [0.2, 0.25) is 0 Å². The molecule has 0 heterocycles. The van der Waals surface area contributed by atoms with Crippen molar-refractivity contribution in [2.45, 2.75) is 52.4 Å². The van der Waals surface area contributed by atoms with Crippen LogP contribution in [-0.4, -0.2) is 0 Å². The second-order valence-electron chi connectivity index (χ2n) is 4.13. The first kappa shape index (κ1) is 12.2. The first-order chi connectivity index (χ1) is 7.27. The van der Waals surface area contributed by atoms with Crippen molar-refractivity contribution < 1.29 is 4.39 Å². The lowest BCUT2D eigenvalue weighted by atomic mass is 10.0. The van der Waals surface area contributed by atoms with Crippen molar-refractivity contribution in [1.29, 1.82) is 0 Å². The lowest BCUT2D eigenvalue weighted by molar-refractivity contribution is 0.603. The predicted molar refractivity (Wildman–Crippen MR) is 63.6 cm³/mol. The third kappa shape index (κ3) is 4.03. The van der Waals surface area contributed by atoms with Gasteiger partial charge in [-0.2, -0.15) is 0 Å². The number of benzene rings is 1. The topological polar surface area (TPSA) is 0 Å². The van der Waals surface area contributed by atoms with Crippen LogP contribution in [0.25, 0.3) is 0 Å². The minimum absolute atomic E-state index is 0.0224. The fourth-order valence-electron chi connectivity index (χ4n) is 1.80. The Hall–Kier alpha value is -0.850. The van der Waals surface area contributed by atoms with Crippen LogP contribution in [0.15, 0.2) is 18.2 Å². The maximum Gasteiger partial charge on any atom is 0.126 e.